The van der Waals surface area contributed by atoms with Crippen molar-refractivity contribution in [3.63, 3.8) is 0 Å². The van der Waals surface area contributed by atoms with Gasteiger partial charge in [-0.05, 0) is 50.2 Å². The number of ether oxygens (including phenoxy) is 1. The Labute approximate surface area is 116 Å². The number of nitrogens with one attached hydrogen (secondary N) is 1. The van der Waals surface area contributed by atoms with Gasteiger partial charge >= 0.3 is 0 Å². The lowest BCUT2D eigenvalue weighted by Gasteiger charge is -2.31. The summed E-state index contributed by atoms with van der Waals surface area (Å²) in [4.78, 5) is 2.58. The van der Waals surface area contributed by atoms with Crippen LogP contribution in [-0.4, -0.2) is 38.2 Å². The molecule has 1 aromatic carbocycles. The number of nitrogens with zero attached hydrogens (tertiary/aromatic N) is 1. The number of hydrogen-bond acceptors (Lipinski definition) is 3. The molecular formula is C16H26N2O. The fourth-order valence-electron chi connectivity index (χ4n) is 2.77. The molecular weight excluding hydrogens is 236 g/mol. The van der Waals surface area contributed by atoms with Gasteiger partial charge in [-0.3, -0.25) is 0 Å². The van der Waals surface area contributed by atoms with Gasteiger partial charge in [-0.2, -0.15) is 0 Å². The first-order valence-electron chi connectivity index (χ1n) is 7.43. The molecule has 3 heteroatoms. The fourth-order valence-corrected chi connectivity index (χ4v) is 2.77. The molecule has 1 unspecified atom stereocenters. The Morgan fingerprint density at radius 3 is 2.42 bits per heavy atom. The first kappa shape index (κ1) is 14.4. The van der Waals surface area contributed by atoms with Gasteiger partial charge in [-0.1, -0.05) is 25.5 Å². The van der Waals surface area contributed by atoms with Crippen molar-refractivity contribution in [2.45, 2.75) is 32.2 Å². The highest BCUT2D eigenvalue weighted by Crippen LogP contribution is 2.20. The fraction of sp³-hybridized carbons (Fsp3) is 0.625. The monoisotopic (exact) mass is 262 g/mol. The lowest BCUT2D eigenvalue weighted by molar-refractivity contribution is 0.206. The number of likely N-dealkylation sites (tertiary alicyclic amines) is 1. The van der Waals surface area contributed by atoms with E-state index in [-0.39, 0.29) is 0 Å². The van der Waals surface area contributed by atoms with Crippen molar-refractivity contribution in [3.8, 4) is 5.75 Å². The van der Waals surface area contributed by atoms with Crippen LogP contribution in [0.25, 0.3) is 0 Å². The van der Waals surface area contributed by atoms with E-state index < -0.39 is 0 Å². The van der Waals surface area contributed by atoms with Crippen molar-refractivity contribution < 1.29 is 4.74 Å². The normalized spacial score (nSPS) is 18.2. The molecule has 0 amide bonds. The Hall–Kier alpha value is -1.06. The lowest BCUT2D eigenvalue weighted by atomic mass is 10.0. The molecule has 1 N–H and O–H groups in total. The predicted molar refractivity (Wildman–Crippen MR) is 79.7 cm³/mol. The first-order valence-corrected chi connectivity index (χ1v) is 7.43. The van der Waals surface area contributed by atoms with Gasteiger partial charge in [0.25, 0.3) is 0 Å². The summed E-state index contributed by atoms with van der Waals surface area (Å²) < 4.78 is 5.23. The van der Waals surface area contributed by atoms with E-state index in [4.69, 9.17) is 4.74 Å². The maximum Gasteiger partial charge on any atom is 0.118 e. The van der Waals surface area contributed by atoms with Crippen LogP contribution in [0.5, 0.6) is 5.75 Å². The number of piperidine rings is 1. The molecule has 106 valence electrons. The van der Waals surface area contributed by atoms with E-state index in [0.29, 0.717) is 6.04 Å². The topological polar surface area (TPSA) is 24.5 Å². The van der Waals surface area contributed by atoms with Gasteiger partial charge in [0.15, 0.2) is 0 Å². The molecule has 1 saturated heterocycles. The van der Waals surface area contributed by atoms with E-state index in [0.717, 1.165) is 18.8 Å². The number of rotatable bonds is 6. The molecule has 3 nitrogen and oxygen atoms in total. The van der Waals surface area contributed by atoms with Crippen LogP contribution in [0, 0.1) is 0 Å². The molecule has 0 saturated carbocycles. The van der Waals surface area contributed by atoms with Gasteiger partial charge < -0.3 is 15.0 Å². The van der Waals surface area contributed by atoms with E-state index >= 15 is 0 Å². The van der Waals surface area contributed by atoms with E-state index in [9.17, 15) is 0 Å². The van der Waals surface area contributed by atoms with Gasteiger partial charge in [0.1, 0.15) is 5.75 Å². The summed E-state index contributed by atoms with van der Waals surface area (Å²) in [7, 11) is 1.71. The molecule has 0 spiro atoms. The molecule has 0 bridgehead atoms. The molecule has 0 radical (unpaired) electrons. The second kappa shape index (κ2) is 7.51. The van der Waals surface area contributed by atoms with Crippen LogP contribution in [0.4, 0.5) is 0 Å². The minimum absolute atomic E-state index is 0.425. The van der Waals surface area contributed by atoms with Crippen molar-refractivity contribution in [1.29, 1.82) is 0 Å². The van der Waals surface area contributed by atoms with Gasteiger partial charge in [-0.15, -0.1) is 0 Å². The van der Waals surface area contributed by atoms with E-state index in [1.807, 2.05) is 0 Å². The molecule has 1 aliphatic heterocycles. The minimum Gasteiger partial charge on any atom is -0.497 e. The molecule has 1 atom stereocenters. The van der Waals surface area contributed by atoms with Gasteiger partial charge in [0.2, 0.25) is 0 Å². The summed E-state index contributed by atoms with van der Waals surface area (Å²) in [6, 6.07) is 8.88. The number of benzene rings is 1. The Kier molecular flexibility index (Phi) is 5.67. The van der Waals surface area contributed by atoms with Crippen LogP contribution in [0.1, 0.15) is 37.8 Å². The largest absolute Gasteiger partial charge is 0.497 e. The number of likely N-dealkylation sites (N-methyl/N-ethyl adjacent to an activating group) is 1. The van der Waals surface area contributed by atoms with E-state index in [2.05, 4.69) is 41.4 Å². The summed E-state index contributed by atoms with van der Waals surface area (Å²) in [6.45, 7) is 6.79. The van der Waals surface area contributed by atoms with Crippen LogP contribution >= 0.6 is 0 Å². The third-order valence-electron chi connectivity index (χ3n) is 3.86. The minimum atomic E-state index is 0.425. The van der Waals surface area contributed by atoms with Gasteiger partial charge in [0, 0.05) is 12.6 Å². The number of methoxy groups -OCH3 is 1. The van der Waals surface area contributed by atoms with Crippen molar-refractivity contribution in [2.75, 3.05) is 33.3 Å². The van der Waals surface area contributed by atoms with Crippen LogP contribution in [0.15, 0.2) is 24.3 Å². The van der Waals surface area contributed by atoms with Crippen LogP contribution in [0.2, 0.25) is 0 Å². The zero-order chi connectivity index (χ0) is 13.5. The molecule has 19 heavy (non-hydrogen) atoms. The summed E-state index contributed by atoms with van der Waals surface area (Å²) in [5.41, 5.74) is 1.35. The van der Waals surface area contributed by atoms with E-state index in [1.54, 1.807) is 7.11 Å². The van der Waals surface area contributed by atoms with Gasteiger partial charge in [0.05, 0.1) is 7.11 Å². The first-order chi connectivity index (χ1) is 9.33. The van der Waals surface area contributed by atoms with Crippen molar-refractivity contribution in [1.82, 2.24) is 10.2 Å². The van der Waals surface area contributed by atoms with Crippen molar-refractivity contribution in [3.05, 3.63) is 29.8 Å². The average molecular weight is 262 g/mol. The Bertz CT molecular complexity index is 358. The third-order valence-corrected chi connectivity index (χ3v) is 3.86. The quantitative estimate of drug-likeness (QED) is 0.853. The lowest BCUT2D eigenvalue weighted by Crippen LogP contribution is -2.38. The molecule has 0 aliphatic carbocycles. The van der Waals surface area contributed by atoms with Gasteiger partial charge in [-0.25, -0.2) is 0 Å². The summed E-state index contributed by atoms with van der Waals surface area (Å²) in [5, 5.41) is 3.60. The summed E-state index contributed by atoms with van der Waals surface area (Å²) >= 11 is 0. The summed E-state index contributed by atoms with van der Waals surface area (Å²) in [5.74, 6) is 0.928. The SMILES string of the molecule is CCNC(CN1CCCCC1)c1ccc(OC)cc1. The molecule has 1 heterocycles. The summed E-state index contributed by atoms with van der Waals surface area (Å²) in [6.07, 6.45) is 4.09. The highest BCUT2D eigenvalue weighted by Gasteiger charge is 2.17. The third kappa shape index (κ3) is 4.22. The Morgan fingerprint density at radius 2 is 1.84 bits per heavy atom. The molecule has 1 fully saturated rings. The molecule has 0 aromatic heterocycles. The molecule has 1 aromatic rings. The van der Waals surface area contributed by atoms with Crippen LogP contribution in [-0.2, 0) is 0 Å². The van der Waals surface area contributed by atoms with Crippen LogP contribution in [0.3, 0.4) is 0 Å². The standard InChI is InChI=1S/C16H26N2O/c1-3-17-16(13-18-11-5-4-6-12-18)14-7-9-15(19-2)10-8-14/h7-10,16-17H,3-6,11-13H2,1-2H3. The zero-order valence-corrected chi connectivity index (χ0v) is 12.2. The Morgan fingerprint density at radius 1 is 1.16 bits per heavy atom. The predicted octanol–water partition coefficient (Wildman–Crippen LogP) is 2.83. The van der Waals surface area contributed by atoms with E-state index in [1.165, 1.54) is 37.9 Å². The maximum absolute atomic E-state index is 5.23. The van der Waals surface area contributed by atoms with Crippen molar-refractivity contribution >= 4 is 0 Å². The Balaban J connectivity index is 2.00. The smallest absolute Gasteiger partial charge is 0.118 e. The van der Waals surface area contributed by atoms with Crippen molar-refractivity contribution in [2.24, 2.45) is 0 Å². The highest BCUT2D eigenvalue weighted by atomic mass is 16.5. The zero-order valence-electron chi connectivity index (χ0n) is 12.2. The number of hydrogen-bond donors (Lipinski definition) is 1. The highest BCUT2D eigenvalue weighted by molar-refractivity contribution is 5.29. The maximum atomic E-state index is 5.23. The molecule has 1 aliphatic rings. The average Bonchev–Trinajstić information content (AvgIpc) is 2.48. The molecule has 2 rings (SSSR count). The van der Waals surface area contributed by atoms with Crippen LogP contribution < -0.4 is 10.1 Å². The second-order valence-electron chi connectivity index (χ2n) is 5.24. The second-order valence-corrected chi connectivity index (χ2v) is 5.24.